The standard InChI is InChI=1S/C10H20O3/c1-2-3-4-5-9(12)8-10(13)6-7-11/h2-3,9-13H,4-8H2,1H3/t9-,10+/m0/s1. The van der Waals surface area contributed by atoms with Gasteiger partial charge < -0.3 is 15.3 Å². The third-order valence-corrected chi connectivity index (χ3v) is 1.91. The quantitative estimate of drug-likeness (QED) is 0.519. The SMILES string of the molecule is CC=CCC[C@H](O)C[C@H](O)CCO. The highest BCUT2D eigenvalue weighted by atomic mass is 16.3. The third kappa shape index (κ3) is 7.96. The Kier molecular flexibility index (Phi) is 7.99. The normalized spacial score (nSPS) is 16.3. The molecule has 0 rings (SSSR count). The summed E-state index contributed by atoms with van der Waals surface area (Å²) in [4.78, 5) is 0. The van der Waals surface area contributed by atoms with Crippen molar-refractivity contribution in [2.75, 3.05) is 6.61 Å². The van der Waals surface area contributed by atoms with Crippen LogP contribution >= 0.6 is 0 Å². The van der Waals surface area contributed by atoms with Crippen LogP contribution in [0, 0.1) is 0 Å². The van der Waals surface area contributed by atoms with Crippen molar-refractivity contribution in [1.29, 1.82) is 0 Å². The lowest BCUT2D eigenvalue weighted by molar-refractivity contribution is 0.0608. The highest BCUT2D eigenvalue weighted by molar-refractivity contribution is 4.78. The monoisotopic (exact) mass is 188 g/mol. The van der Waals surface area contributed by atoms with E-state index in [1.54, 1.807) is 0 Å². The molecule has 0 aromatic rings. The van der Waals surface area contributed by atoms with Crippen LogP contribution in [-0.4, -0.2) is 34.1 Å². The number of allylic oxidation sites excluding steroid dienone is 2. The Bertz CT molecular complexity index is 134. The average molecular weight is 188 g/mol. The number of rotatable bonds is 7. The van der Waals surface area contributed by atoms with Crippen LogP contribution in [0.25, 0.3) is 0 Å². The lowest BCUT2D eigenvalue weighted by Gasteiger charge is -2.13. The summed E-state index contributed by atoms with van der Waals surface area (Å²) in [6.07, 6.45) is 5.11. The summed E-state index contributed by atoms with van der Waals surface area (Å²) in [5.41, 5.74) is 0. The van der Waals surface area contributed by atoms with Gasteiger partial charge in [0.1, 0.15) is 0 Å². The van der Waals surface area contributed by atoms with Crippen LogP contribution in [-0.2, 0) is 0 Å². The van der Waals surface area contributed by atoms with Gasteiger partial charge in [0, 0.05) is 6.61 Å². The number of aliphatic hydroxyl groups excluding tert-OH is 3. The highest BCUT2D eigenvalue weighted by Gasteiger charge is 2.10. The summed E-state index contributed by atoms with van der Waals surface area (Å²) in [6.45, 7) is 1.91. The van der Waals surface area contributed by atoms with Crippen LogP contribution in [0.2, 0.25) is 0 Å². The molecule has 0 aromatic carbocycles. The minimum absolute atomic E-state index is 0.0251. The molecule has 0 aromatic heterocycles. The fourth-order valence-corrected chi connectivity index (χ4v) is 1.15. The van der Waals surface area contributed by atoms with Crippen LogP contribution in [0.4, 0.5) is 0 Å². The van der Waals surface area contributed by atoms with Crippen LogP contribution in [0.3, 0.4) is 0 Å². The largest absolute Gasteiger partial charge is 0.396 e. The molecule has 2 atom stereocenters. The first-order valence-electron chi connectivity index (χ1n) is 4.78. The Balaban J connectivity index is 3.43. The van der Waals surface area contributed by atoms with Gasteiger partial charge >= 0.3 is 0 Å². The Hall–Kier alpha value is -0.380. The fourth-order valence-electron chi connectivity index (χ4n) is 1.15. The molecule has 0 amide bonds. The summed E-state index contributed by atoms with van der Waals surface area (Å²) in [6, 6.07) is 0. The summed E-state index contributed by atoms with van der Waals surface area (Å²) < 4.78 is 0. The van der Waals surface area contributed by atoms with Gasteiger partial charge in [0.05, 0.1) is 12.2 Å². The van der Waals surface area contributed by atoms with Crippen molar-refractivity contribution < 1.29 is 15.3 Å². The molecule has 0 saturated carbocycles. The summed E-state index contributed by atoms with van der Waals surface area (Å²) in [5, 5.41) is 27.1. The van der Waals surface area contributed by atoms with Crippen LogP contribution in [0.15, 0.2) is 12.2 Å². The lowest BCUT2D eigenvalue weighted by atomic mass is 10.1. The van der Waals surface area contributed by atoms with E-state index in [4.69, 9.17) is 5.11 Å². The van der Waals surface area contributed by atoms with Crippen molar-refractivity contribution in [2.24, 2.45) is 0 Å². The van der Waals surface area contributed by atoms with Crippen molar-refractivity contribution >= 4 is 0 Å². The third-order valence-electron chi connectivity index (χ3n) is 1.91. The molecule has 0 saturated heterocycles. The molecule has 0 aliphatic carbocycles. The second-order valence-corrected chi connectivity index (χ2v) is 3.20. The second kappa shape index (κ2) is 8.23. The van der Waals surface area contributed by atoms with Gasteiger partial charge in [0.15, 0.2) is 0 Å². The van der Waals surface area contributed by atoms with Gasteiger partial charge in [-0.25, -0.2) is 0 Å². The minimum atomic E-state index is -0.578. The zero-order valence-corrected chi connectivity index (χ0v) is 8.19. The maximum absolute atomic E-state index is 9.40. The van der Waals surface area contributed by atoms with Gasteiger partial charge in [-0.2, -0.15) is 0 Å². The van der Waals surface area contributed by atoms with E-state index in [1.165, 1.54) is 0 Å². The van der Waals surface area contributed by atoms with Crippen molar-refractivity contribution in [3.63, 3.8) is 0 Å². The molecule has 0 spiro atoms. The Morgan fingerprint density at radius 3 is 2.31 bits per heavy atom. The van der Waals surface area contributed by atoms with Gasteiger partial charge in [-0.15, -0.1) is 0 Å². The molecule has 0 aliphatic heterocycles. The molecule has 3 N–H and O–H groups in total. The molecule has 0 bridgehead atoms. The number of hydrogen-bond acceptors (Lipinski definition) is 3. The van der Waals surface area contributed by atoms with E-state index >= 15 is 0 Å². The second-order valence-electron chi connectivity index (χ2n) is 3.20. The summed E-state index contributed by atoms with van der Waals surface area (Å²) in [5.74, 6) is 0. The van der Waals surface area contributed by atoms with E-state index in [-0.39, 0.29) is 6.61 Å². The molecule has 0 aliphatic rings. The van der Waals surface area contributed by atoms with E-state index in [2.05, 4.69) is 0 Å². The first kappa shape index (κ1) is 12.6. The van der Waals surface area contributed by atoms with E-state index in [9.17, 15) is 10.2 Å². The Morgan fingerprint density at radius 2 is 1.77 bits per heavy atom. The van der Waals surface area contributed by atoms with Gasteiger partial charge in [0.2, 0.25) is 0 Å². The Labute approximate surface area is 79.7 Å². The maximum Gasteiger partial charge on any atom is 0.0586 e. The molecule has 78 valence electrons. The number of hydrogen-bond donors (Lipinski definition) is 3. The zero-order chi connectivity index (χ0) is 10.1. The van der Waals surface area contributed by atoms with Gasteiger partial charge in [0.25, 0.3) is 0 Å². The maximum atomic E-state index is 9.40. The van der Waals surface area contributed by atoms with Crippen molar-refractivity contribution in [3.05, 3.63) is 12.2 Å². The van der Waals surface area contributed by atoms with Crippen LogP contribution in [0.1, 0.15) is 32.6 Å². The zero-order valence-electron chi connectivity index (χ0n) is 8.19. The topological polar surface area (TPSA) is 60.7 Å². The van der Waals surface area contributed by atoms with E-state index in [0.29, 0.717) is 19.3 Å². The van der Waals surface area contributed by atoms with Crippen molar-refractivity contribution in [3.8, 4) is 0 Å². The van der Waals surface area contributed by atoms with E-state index < -0.39 is 12.2 Å². The molecular weight excluding hydrogens is 168 g/mol. The van der Waals surface area contributed by atoms with E-state index in [0.717, 1.165) is 6.42 Å². The lowest BCUT2D eigenvalue weighted by Crippen LogP contribution is -2.18. The fraction of sp³-hybridized carbons (Fsp3) is 0.800. The summed E-state index contributed by atoms with van der Waals surface area (Å²) in [7, 11) is 0. The molecule has 0 radical (unpaired) electrons. The molecule has 0 heterocycles. The molecule has 0 fully saturated rings. The minimum Gasteiger partial charge on any atom is -0.396 e. The van der Waals surface area contributed by atoms with Gasteiger partial charge in [-0.05, 0) is 32.6 Å². The summed E-state index contributed by atoms with van der Waals surface area (Å²) >= 11 is 0. The molecular formula is C10H20O3. The number of aliphatic hydroxyl groups is 3. The first-order valence-corrected chi connectivity index (χ1v) is 4.78. The molecule has 0 unspecified atom stereocenters. The van der Waals surface area contributed by atoms with Gasteiger partial charge in [-0.3, -0.25) is 0 Å². The Morgan fingerprint density at radius 1 is 1.15 bits per heavy atom. The first-order chi connectivity index (χ1) is 6.20. The van der Waals surface area contributed by atoms with Gasteiger partial charge in [-0.1, -0.05) is 12.2 Å². The van der Waals surface area contributed by atoms with Crippen LogP contribution in [0.5, 0.6) is 0 Å². The molecule has 13 heavy (non-hydrogen) atoms. The average Bonchev–Trinajstić information content (AvgIpc) is 2.05. The van der Waals surface area contributed by atoms with Crippen LogP contribution < -0.4 is 0 Å². The molecule has 3 nitrogen and oxygen atoms in total. The highest BCUT2D eigenvalue weighted by Crippen LogP contribution is 2.07. The molecule has 3 heteroatoms. The van der Waals surface area contributed by atoms with Crippen molar-refractivity contribution in [2.45, 2.75) is 44.8 Å². The van der Waals surface area contributed by atoms with E-state index in [1.807, 2.05) is 19.1 Å². The van der Waals surface area contributed by atoms with Crippen molar-refractivity contribution in [1.82, 2.24) is 0 Å². The smallest absolute Gasteiger partial charge is 0.0586 e. The predicted octanol–water partition coefficient (Wildman–Crippen LogP) is 0.837. The predicted molar refractivity (Wildman–Crippen MR) is 52.4 cm³/mol.